The third-order valence-electron chi connectivity index (χ3n) is 1.30. The van der Waals surface area contributed by atoms with Crippen molar-refractivity contribution in [1.82, 2.24) is 10.2 Å². The van der Waals surface area contributed by atoms with Gasteiger partial charge in [0.25, 0.3) is 0 Å². The Labute approximate surface area is 106 Å². The van der Waals surface area contributed by atoms with Gasteiger partial charge in [-0.25, -0.2) is 0 Å². The van der Waals surface area contributed by atoms with Gasteiger partial charge in [0.15, 0.2) is 0 Å². The van der Waals surface area contributed by atoms with E-state index in [0.717, 1.165) is 25.4 Å². The molecule has 0 amide bonds. The summed E-state index contributed by atoms with van der Waals surface area (Å²) in [4.78, 5) is 1.95. The predicted octanol–water partition coefficient (Wildman–Crippen LogP) is 1.24. The minimum Gasteiger partial charge on any atom is -0.369 e. The van der Waals surface area contributed by atoms with Crippen LogP contribution in [0.1, 0.15) is 0 Å². The van der Waals surface area contributed by atoms with Crippen molar-refractivity contribution in [2.75, 3.05) is 25.4 Å². The Balaban J connectivity index is 3.69. The maximum absolute atomic E-state index is 4.94. The molecule has 0 aromatic carbocycles. The Bertz CT molecular complexity index is 184. The molecule has 7 heteroatoms. The Morgan fingerprint density at radius 2 is 1.85 bits per heavy atom. The summed E-state index contributed by atoms with van der Waals surface area (Å²) in [5.41, 5.74) is 0. The minimum absolute atomic E-state index is 0.496. The zero-order valence-electron chi connectivity index (χ0n) is 6.93. The summed E-state index contributed by atoms with van der Waals surface area (Å²) in [5.74, 6) is 0.756. The molecule has 76 valence electrons. The lowest BCUT2D eigenvalue weighted by Gasteiger charge is -2.21. The highest BCUT2D eigenvalue weighted by molar-refractivity contribution is 8.11. The molecular weight excluding hydrogens is 260 g/mol. The van der Waals surface area contributed by atoms with Crippen LogP contribution in [0.4, 0.5) is 0 Å². The van der Waals surface area contributed by atoms with Crippen LogP contribution in [-0.4, -0.2) is 38.9 Å². The highest BCUT2D eigenvalue weighted by atomic mass is 32.1. The van der Waals surface area contributed by atoms with E-state index < -0.39 is 0 Å². The Hall–Kier alpha value is 0.830. The second-order valence-electron chi connectivity index (χ2n) is 2.23. The second-order valence-corrected chi connectivity index (χ2v) is 4.94. The highest BCUT2D eigenvalue weighted by Gasteiger charge is 2.03. The standard InChI is InChI=1S/C6H12N2S5/c9-4-3-8(6(12)13)2-1-7-5(10)11/h9H,1-4H2,(H,12,13)(H2,7,10,11). The van der Waals surface area contributed by atoms with Gasteiger partial charge in [0, 0.05) is 25.4 Å². The molecule has 13 heavy (non-hydrogen) atoms. The van der Waals surface area contributed by atoms with Gasteiger partial charge in [-0.1, -0.05) is 24.4 Å². The third kappa shape index (κ3) is 7.87. The van der Waals surface area contributed by atoms with Crippen molar-refractivity contribution in [3.63, 3.8) is 0 Å². The number of thiocarbonyl (C=S) groups is 2. The topological polar surface area (TPSA) is 15.3 Å². The number of hydrogen-bond acceptors (Lipinski definition) is 3. The van der Waals surface area contributed by atoms with E-state index in [1.807, 2.05) is 4.90 Å². The third-order valence-corrected chi connectivity index (χ3v) is 2.34. The zero-order valence-corrected chi connectivity index (χ0v) is 11.3. The molecule has 1 N–H and O–H groups in total. The fourth-order valence-corrected chi connectivity index (χ4v) is 1.56. The van der Waals surface area contributed by atoms with E-state index in [9.17, 15) is 0 Å². The SMILES string of the molecule is S=C(S)NCCN(CCS)C(=S)S. The molecule has 0 fully saturated rings. The quantitative estimate of drug-likeness (QED) is 0.445. The first-order chi connectivity index (χ1) is 6.07. The molecule has 0 atom stereocenters. The molecule has 0 unspecified atom stereocenters. The summed E-state index contributed by atoms with van der Waals surface area (Å²) in [6, 6.07) is 0. The predicted molar refractivity (Wildman–Crippen MR) is 76.6 cm³/mol. The van der Waals surface area contributed by atoms with E-state index in [2.05, 4.69) is 43.2 Å². The van der Waals surface area contributed by atoms with Crippen molar-refractivity contribution in [2.24, 2.45) is 0 Å². The normalized spacial score (nSPS) is 9.46. The molecule has 0 saturated carbocycles. The molecule has 0 aromatic heterocycles. The van der Waals surface area contributed by atoms with Crippen LogP contribution in [0, 0.1) is 0 Å². The Morgan fingerprint density at radius 3 is 2.23 bits per heavy atom. The van der Waals surface area contributed by atoms with Crippen LogP contribution < -0.4 is 5.32 Å². The van der Waals surface area contributed by atoms with Gasteiger partial charge in [-0.05, 0) is 0 Å². The van der Waals surface area contributed by atoms with Crippen LogP contribution >= 0.6 is 62.3 Å². The maximum Gasteiger partial charge on any atom is 0.133 e. The summed E-state index contributed by atoms with van der Waals surface area (Å²) in [6.45, 7) is 2.28. The number of hydrogen-bond donors (Lipinski definition) is 4. The molecule has 0 aliphatic heterocycles. The fourth-order valence-electron chi connectivity index (χ4n) is 0.722. The van der Waals surface area contributed by atoms with Crippen molar-refractivity contribution in [3.05, 3.63) is 0 Å². The van der Waals surface area contributed by atoms with E-state index in [-0.39, 0.29) is 0 Å². The molecule has 0 heterocycles. The van der Waals surface area contributed by atoms with Crippen molar-refractivity contribution in [3.8, 4) is 0 Å². The van der Waals surface area contributed by atoms with E-state index in [4.69, 9.17) is 24.4 Å². The first-order valence-electron chi connectivity index (χ1n) is 3.63. The number of rotatable bonds is 5. The molecule has 0 saturated heterocycles. The van der Waals surface area contributed by atoms with Crippen LogP contribution in [0.3, 0.4) is 0 Å². The number of nitrogens with one attached hydrogen (secondary N) is 1. The maximum atomic E-state index is 4.94. The molecule has 2 nitrogen and oxygen atoms in total. The van der Waals surface area contributed by atoms with Gasteiger partial charge in [0.2, 0.25) is 0 Å². The van der Waals surface area contributed by atoms with Crippen LogP contribution in [0.15, 0.2) is 0 Å². The molecule has 0 rings (SSSR count). The van der Waals surface area contributed by atoms with Crippen molar-refractivity contribution >= 4 is 71.0 Å². The lowest BCUT2D eigenvalue weighted by atomic mass is 10.5. The average molecular weight is 273 g/mol. The van der Waals surface area contributed by atoms with Gasteiger partial charge >= 0.3 is 0 Å². The fraction of sp³-hybridized carbons (Fsp3) is 0.667. The van der Waals surface area contributed by atoms with Crippen molar-refractivity contribution in [2.45, 2.75) is 0 Å². The second kappa shape index (κ2) is 8.16. The van der Waals surface area contributed by atoms with Gasteiger partial charge in [-0.15, -0.1) is 25.3 Å². The van der Waals surface area contributed by atoms with E-state index in [1.165, 1.54) is 0 Å². The van der Waals surface area contributed by atoms with Gasteiger partial charge in [0.05, 0.1) is 0 Å². The molecule has 0 radical (unpaired) electrons. The summed E-state index contributed by atoms with van der Waals surface area (Å²) in [5, 5.41) is 2.92. The Morgan fingerprint density at radius 1 is 1.23 bits per heavy atom. The summed E-state index contributed by atoms with van der Waals surface area (Å²) in [6.07, 6.45) is 0. The number of nitrogens with zero attached hydrogens (tertiary/aromatic N) is 1. The first-order valence-corrected chi connectivity index (χ1v) is 5.97. The monoisotopic (exact) mass is 272 g/mol. The minimum atomic E-state index is 0.496. The summed E-state index contributed by atoms with van der Waals surface area (Å²) in [7, 11) is 0. The zero-order chi connectivity index (χ0) is 10.3. The first kappa shape index (κ1) is 13.8. The molecule has 0 aliphatic carbocycles. The van der Waals surface area contributed by atoms with Crippen molar-refractivity contribution < 1.29 is 0 Å². The summed E-state index contributed by atoms with van der Waals surface area (Å²) < 4.78 is 1.08. The van der Waals surface area contributed by atoms with Crippen LogP contribution in [0.2, 0.25) is 0 Å². The highest BCUT2D eigenvalue weighted by Crippen LogP contribution is 1.96. The average Bonchev–Trinajstić information content (AvgIpc) is 2.02. The van der Waals surface area contributed by atoms with E-state index in [1.54, 1.807) is 0 Å². The lowest BCUT2D eigenvalue weighted by molar-refractivity contribution is 0.463. The van der Waals surface area contributed by atoms with Gasteiger partial charge < -0.3 is 10.2 Å². The molecule has 0 spiro atoms. The molecule has 0 aromatic rings. The van der Waals surface area contributed by atoms with Gasteiger partial charge in [-0.2, -0.15) is 12.6 Å². The summed E-state index contributed by atoms with van der Waals surface area (Å²) >= 11 is 21.8. The van der Waals surface area contributed by atoms with Gasteiger partial charge in [-0.3, -0.25) is 0 Å². The Kier molecular flexibility index (Phi) is 8.69. The lowest BCUT2D eigenvalue weighted by Crippen LogP contribution is -2.35. The largest absolute Gasteiger partial charge is 0.369 e. The molecule has 0 aliphatic rings. The molecule has 0 bridgehead atoms. The van der Waals surface area contributed by atoms with Crippen LogP contribution in [0.5, 0.6) is 0 Å². The van der Waals surface area contributed by atoms with E-state index >= 15 is 0 Å². The smallest absolute Gasteiger partial charge is 0.133 e. The van der Waals surface area contributed by atoms with Crippen LogP contribution in [0.25, 0.3) is 0 Å². The number of thiol groups is 3. The van der Waals surface area contributed by atoms with Crippen LogP contribution in [-0.2, 0) is 0 Å². The van der Waals surface area contributed by atoms with Crippen molar-refractivity contribution in [1.29, 1.82) is 0 Å². The van der Waals surface area contributed by atoms with Gasteiger partial charge in [0.1, 0.15) is 8.64 Å². The van der Waals surface area contributed by atoms with E-state index in [0.29, 0.717) is 8.64 Å². The molecular formula is C6H12N2S5.